The van der Waals surface area contributed by atoms with Gasteiger partial charge in [-0.3, -0.25) is 9.88 Å². The molecule has 0 aliphatic carbocycles. The topological polar surface area (TPSA) is 25.4 Å². The zero-order valence-corrected chi connectivity index (χ0v) is 11.3. The lowest BCUT2D eigenvalue weighted by Crippen LogP contribution is -2.42. The van der Waals surface area contributed by atoms with Gasteiger partial charge in [0, 0.05) is 29.8 Å². The Kier molecular flexibility index (Phi) is 3.95. The summed E-state index contributed by atoms with van der Waals surface area (Å²) in [6, 6.07) is 4.61. The molecule has 1 aromatic heterocycles. The van der Waals surface area contributed by atoms with Gasteiger partial charge in [-0.05, 0) is 41.9 Å². The van der Waals surface area contributed by atoms with E-state index in [1.807, 2.05) is 18.3 Å². The zero-order valence-electron chi connectivity index (χ0n) is 9.69. The number of hydrogen-bond donors (Lipinski definition) is 0. The SMILES string of the molecule is CC(C)N1CCO[C@@H](c2ccc(Br)cn2)C1. The third kappa shape index (κ3) is 2.81. The molecule has 1 aliphatic rings. The number of halogens is 1. The zero-order chi connectivity index (χ0) is 11.5. The Morgan fingerprint density at radius 3 is 2.94 bits per heavy atom. The Labute approximate surface area is 105 Å². The Hall–Kier alpha value is -0.450. The molecule has 0 unspecified atom stereocenters. The number of rotatable bonds is 2. The van der Waals surface area contributed by atoms with E-state index < -0.39 is 0 Å². The van der Waals surface area contributed by atoms with Crippen molar-refractivity contribution in [3.8, 4) is 0 Å². The maximum absolute atomic E-state index is 5.76. The standard InChI is InChI=1S/C12H17BrN2O/c1-9(2)15-5-6-16-12(8-15)11-4-3-10(13)7-14-11/h3-4,7,9,12H,5-6,8H2,1-2H3/t12-/m1/s1. The highest BCUT2D eigenvalue weighted by Gasteiger charge is 2.24. The van der Waals surface area contributed by atoms with Gasteiger partial charge in [-0.25, -0.2) is 0 Å². The Morgan fingerprint density at radius 2 is 2.31 bits per heavy atom. The van der Waals surface area contributed by atoms with Crippen molar-refractivity contribution in [2.24, 2.45) is 0 Å². The number of morpholine rings is 1. The van der Waals surface area contributed by atoms with Crippen LogP contribution in [0.15, 0.2) is 22.8 Å². The fourth-order valence-corrected chi connectivity index (χ4v) is 2.13. The van der Waals surface area contributed by atoms with Gasteiger partial charge in [-0.15, -0.1) is 0 Å². The minimum atomic E-state index is 0.115. The van der Waals surface area contributed by atoms with Gasteiger partial charge < -0.3 is 4.74 Å². The van der Waals surface area contributed by atoms with Gasteiger partial charge in [0.1, 0.15) is 6.10 Å². The number of pyridine rings is 1. The van der Waals surface area contributed by atoms with Gasteiger partial charge in [0.2, 0.25) is 0 Å². The smallest absolute Gasteiger partial charge is 0.112 e. The van der Waals surface area contributed by atoms with Crippen LogP contribution in [0.2, 0.25) is 0 Å². The molecule has 3 nitrogen and oxygen atoms in total. The first-order valence-corrected chi connectivity index (χ1v) is 6.43. The van der Waals surface area contributed by atoms with E-state index >= 15 is 0 Å². The van der Waals surface area contributed by atoms with Crippen LogP contribution in [0.3, 0.4) is 0 Å². The van der Waals surface area contributed by atoms with E-state index in [-0.39, 0.29) is 6.10 Å². The second kappa shape index (κ2) is 5.25. The summed E-state index contributed by atoms with van der Waals surface area (Å²) < 4.78 is 6.77. The summed E-state index contributed by atoms with van der Waals surface area (Å²) in [6.45, 7) is 7.19. The molecule has 0 aromatic carbocycles. The molecule has 1 saturated heterocycles. The molecule has 0 spiro atoms. The van der Waals surface area contributed by atoms with E-state index in [2.05, 4.69) is 39.7 Å². The summed E-state index contributed by atoms with van der Waals surface area (Å²) in [7, 11) is 0. The van der Waals surface area contributed by atoms with E-state index in [0.29, 0.717) is 6.04 Å². The molecule has 0 bridgehead atoms. The molecule has 0 N–H and O–H groups in total. The van der Waals surface area contributed by atoms with E-state index in [9.17, 15) is 0 Å². The van der Waals surface area contributed by atoms with Crippen molar-refractivity contribution in [2.45, 2.75) is 26.0 Å². The molecule has 4 heteroatoms. The summed E-state index contributed by atoms with van der Waals surface area (Å²) in [5.41, 5.74) is 1.02. The predicted molar refractivity (Wildman–Crippen MR) is 67.3 cm³/mol. The van der Waals surface area contributed by atoms with Crippen molar-refractivity contribution in [3.05, 3.63) is 28.5 Å². The van der Waals surface area contributed by atoms with Gasteiger partial charge in [-0.1, -0.05) is 0 Å². The second-order valence-corrected chi connectivity index (χ2v) is 5.27. The fourth-order valence-electron chi connectivity index (χ4n) is 1.89. The molecule has 1 fully saturated rings. The summed E-state index contributed by atoms with van der Waals surface area (Å²) in [4.78, 5) is 6.83. The fraction of sp³-hybridized carbons (Fsp3) is 0.583. The third-order valence-electron chi connectivity index (χ3n) is 2.91. The number of aromatic nitrogens is 1. The highest BCUT2D eigenvalue weighted by molar-refractivity contribution is 9.10. The largest absolute Gasteiger partial charge is 0.369 e. The van der Waals surface area contributed by atoms with E-state index in [0.717, 1.165) is 29.9 Å². The van der Waals surface area contributed by atoms with Crippen LogP contribution in [0.25, 0.3) is 0 Å². The molecule has 1 aliphatic heterocycles. The van der Waals surface area contributed by atoms with Crippen LogP contribution in [0.5, 0.6) is 0 Å². The molecule has 1 aromatic rings. The van der Waals surface area contributed by atoms with Gasteiger partial charge in [0.05, 0.1) is 12.3 Å². The molecular formula is C12H17BrN2O. The highest BCUT2D eigenvalue weighted by Crippen LogP contribution is 2.22. The van der Waals surface area contributed by atoms with Crippen LogP contribution in [0.4, 0.5) is 0 Å². The van der Waals surface area contributed by atoms with Crippen LogP contribution in [0.1, 0.15) is 25.6 Å². The number of hydrogen-bond acceptors (Lipinski definition) is 3. The Morgan fingerprint density at radius 1 is 1.50 bits per heavy atom. The van der Waals surface area contributed by atoms with Crippen LogP contribution in [-0.2, 0) is 4.74 Å². The van der Waals surface area contributed by atoms with Crippen molar-refractivity contribution in [2.75, 3.05) is 19.7 Å². The lowest BCUT2D eigenvalue weighted by atomic mass is 10.1. The minimum absolute atomic E-state index is 0.115. The minimum Gasteiger partial charge on any atom is -0.369 e. The first kappa shape index (κ1) is 12.0. The van der Waals surface area contributed by atoms with Crippen LogP contribution in [-0.4, -0.2) is 35.6 Å². The molecular weight excluding hydrogens is 268 g/mol. The van der Waals surface area contributed by atoms with Crippen molar-refractivity contribution < 1.29 is 4.74 Å². The monoisotopic (exact) mass is 284 g/mol. The lowest BCUT2D eigenvalue weighted by molar-refractivity contribution is -0.0421. The van der Waals surface area contributed by atoms with Gasteiger partial charge >= 0.3 is 0 Å². The molecule has 88 valence electrons. The number of ether oxygens (including phenoxy) is 1. The van der Waals surface area contributed by atoms with Crippen molar-refractivity contribution in [1.82, 2.24) is 9.88 Å². The number of nitrogens with zero attached hydrogens (tertiary/aromatic N) is 2. The summed E-state index contributed by atoms with van der Waals surface area (Å²) in [5, 5.41) is 0. The maximum Gasteiger partial charge on any atom is 0.112 e. The quantitative estimate of drug-likeness (QED) is 0.835. The highest BCUT2D eigenvalue weighted by atomic mass is 79.9. The molecule has 2 rings (SSSR count). The summed E-state index contributed by atoms with van der Waals surface area (Å²) in [5.74, 6) is 0. The van der Waals surface area contributed by atoms with Gasteiger partial charge in [-0.2, -0.15) is 0 Å². The molecule has 1 atom stereocenters. The molecule has 0 saturated carbocycles. The first-order valence-electron chi connectivity index (χ1n) is 5.64. The lowest BCUT2D eigenvalue weighted by Gasteiger charge is -2.35. The van der Waals surface area contributed by atoms with Gasteiger partial charge in [0.25, 0.3) is 0 Å². The maximum atomic E-state index is 5.76. The third-order valence-corrected chi connectivity index (χ3v) is 3.38. The average molecular weight is 285 g/mol. The summed E-state index contributed by atoms with van der Waals surface area (Å²) >= 11 is 3.39. The van der Waals surface area contributed by atoms with Crippen molar-refractivity contribution in [3.63, 3.8) is 0 Å². The van der Waals surface area contributed by atoms with E-state index in [1.165, 1.54) is 0 Å². The predicted octanol–water partition coefficient (Wildman–Crippen LogP) is 2.63. The van der Waals surface area contributed by atoms with Crippen LogP contribution in [0, 0.1) is 0 Å². The first-order chi connectivity index (χ1) is 7.66. The van der Waals surface area contributed by atoms with Crippen LogP contribution < -0.4 is 0 Å². The Balaban J connectivity index is 2.06. The molecule has 2 heterocycles. The second-order valence-electron chi connectivity index (χ2n) is 4.35. The van der Waals surface area contributed by atoms with E-state index in [1.54, 1.807) is 0 Å². The van der Waals surface area contributed by atoms with E-state index in [4.69, 9.17) is 4.74 Å². The molecule has 0 amide bonds. The van der Waals surface area contributed by atoms with Crippen molar-refractivity contribution >= 4 is 15.9 Å². The normalized spacial score (nSPS) is 22.6. The summed E-state index contributed by atoms with van der Waals surface area (Å²) in [6.07, 6.45) is 1.94. The van der Waals surface area contributed by atoms with Crippen molar-refractivity contribution in [1.29, 1.82) is 0 Å². The van der Waals surface area contributed by atoms with Gasteiger partial charge in [0.15, 0.2) is 0 Å². The molecule has 16 heavy (non-hydrogen) atoms. The molecule has 0 radical (unpaired) electrons. The average Bonchev–Trinajstić information content (AvgIpc) is 2.30. The van der Waals surface area contributed by atoms with Crippen LogP contribution >= 0.6 is 15.9 Å². The Bertz CT molecular complexity index is 339.